The first-order chi connectivity index (χ1) is 15.7. The third-order valence-corrected chi connectivity index (χ3v) is 6.80. The van der Waals surface area contributed by atoms with Crippen LogP contribution < -0.4 is 5.32 Å². The molecule has 2 aromatic carbocycles. The largest absolute Gasteiger partial charge is 0.481 e. The second kappa shape index (κ2) is 9.32. The van der Waals surface area contributed by atoms with E-state index in [2.05, 4.69) is 40.4 Å². The minimum Gasteiger partial charge on any atom is -0.481 e. The van der Waals surface area contributed by atoms with Gasteiger partial charge in [-0.2, -0.15) is 0 Å². The number of rotatable bonds is 6. The molecule has 1 aliphatic carbocycles. The molecule has 0 spiro atoms. The minimum atomic E-state index is -0.982. The lowest BCUT2D eigenvalue weighted by Crippen LogP contribution is -2.35. The van der Waals surface area contributed by atoms with Gasteiger partial charge >= 0.3 is 5.97 Å². The number of anilines is 2. The van der Waals surface area contributed by atoms with Crippen molar-refractivity contribution in [3.63, 3.8) is 0 Å². The van der Waals surface area contributed by atoms with E-state index < -0.39 is 11.6 Å². The van der Waals surface area contributed by atoms with Crippen molar-refractivity contribution in [1.29, 1.82) is 0 Å². The van der Waals surface area contributed by atoms with E-state index in [1.54, 1.807) is 6.20 Å². The molecule has 1 aromatic heterocycles. The Morgan fingerprint density at radius 3 is 2.33 bits per heavy atom. The predicted octanol–water partition coefficient (Wildman–Crippen LogP) is 5.60. The molecule has 1 heterocycles. The molecule has 0 amide bonds. The summed E-state index contributed by atoms with van der Waals surface area (Å²) < 4.78 is 0. The highest BCUT2D eigenvalue weighted by atomic mass is 16.4. The summed E-state index contributed by atoms with van der Waals surface area (Å²) in [5.41, 5.74) is 4.95. The van der Waals surface area contributed by atoms with Gasteiger partial charge in [-0.15, -0.1) is 0 Å². The smallest absolute Gasteiger partial charge is 0.306 e. The first kappa shape index (κ1) is 22.9. The number of nitrogens with zero attached hydrogens (tertiary/aromatic N) is 2. The number of aliphatic hydroxyl groups is 1. The maximum atomic E-state index is 11.3. The number of aryl methyl sites for hydroxylation is 2. The van der Waals surface area contributed by atoms with Crippen LogP contribution in [0.5, 0.6) is 0 Å². The van der Waals surface area contributed by atoms with Gasteiger partial charge < -0.3 is 15.5 Å². The summed E-state index contributed by atoms with van der Waals surface area (Å²) >= 11 is 0. The first-order valence-electron chi connectivity index (χ1n) is 11.5. The van der Waals surface area contributed by atoms with Crippen molar-refractivity contribution in [1.82, 2.24) is 9.97 Å². The summed E-state index contributed by atoms with van der Waals surface area (Å²) in [6, 6.07) is 16.2. The van der Waals surface area contributed by atoms with Gasteiger partial charge in [0.15, 0.2) is 0 Å². The third kappa shape index (κ3) is 5.22. The van der Waals surface area contributed by atoms with Crippen LogP contribution in [-0.4, -0.2) is 26.2 Å². The minimum absolute atomic E-state index is 0.0584. The van der Waals surface area contributed by atoms with Crippen molar-refractivity contribution >= 4 is 17.6 Å². The molecular formula is C27H31N3O3. The van der Waals surface area contributed by atoms with Gasteiger partial charge in [-0.1, -0.05) is 30.3 Å². The molecule has 6 heteroatoms. The van der Waals surface area contributed by atoms with E-state index in [-0.39, 0.29) is 11.8 Å². The van der Waals surface area contributed by atoms with Gasteiger partial charge in [0.1, 0.15) is 0 Å². The number of aromatic nitrogens is 2. The Morgan fingerprint density at radius 1 is 1.00 bits per heavy atom. The SMILES string of the molecule is Cc1cc(Nc2nccc(C)n2)cc(-c2ccc([C@@](C)(O)C3CCC(C(=O)O)CC3)cc2)c1. The van der Waals surface area contributed by atoms with Crippen LogP contribution in [-0.2, 0) is 10.4 Å². The lowest BCUT2D eigenvalue weighted by atomic mass is 9.71. The molecule has 1 atom stereocenters. The average molecular weight is 446 g/mol. The maximum absolute atomic E-state index is 11.3. The predicted molar refractivity (Wildman–Crippen MR) is 129 cm³/mol. The van der Waals surface area contributed by atoms with Crippen molar-refractivity contribution in [2.75, 3.05) is 5.32 Å². The van der Waals surface area contributed by atoms with Crippen LogP contribution in [0.25, 0.3) is 11.1 Å². The molecule has 0 aliphatic heterocycles. The lowest BCUT2D eigenvalue weighted by molar-refractivity contribution is -0.144. The van der Waals surface area contributed by atoms with Gasteiger partial charge in [0, 0.05) is 17.6 Å². The van der Waals surface area contributed by atoms with Crippen molar-refractivity contribution in [2.24, 2.45) is 11.8 Å². The molecule has 4 rings (SSSR count). The summed E-state index contributed by atoms with van der Waals surface area (Å²) in [7, 11) is 0. The summed E-state index contributed by atoms with van der Waals surface area (Å²) in [5.74, 6) is -0.384. The van der Waals surface area contributed by atoms with Gasteiger partial charge in [-0.05, 0) is 92.8 Å². The highest BCUT2D eigenvalue weighted by Crippen LogP contribution is 2.41. The molecule has 0 unspecified atom stereocenters. The number of nitrogens with one attached hydrogen (secondary N) is 1. The number of benzene rings is 2. The van der Waals surface area contributed by atoms with Gasteiger partial charge in [0.25, 0.3) is 0 Å². The van der Waals surface area contributed by atoms with E-state index in [0.29, 0.717) is 18.8 Å². The van der Waals surface area contributed by atoms with Crippen LogP contribution in [0.1, 0.15) is 49.4 Å². The standard InChI is InChI=1S/C27H31N3O3/c1-17-14-21(16-24(15-17)30-26-28-13-12-18(2)29-26)19-4-8-22(9-5-19)27(3,33)23-10-6-20(7-11-23)25(31)32/h4-5,8-9,12-16,20,23,33H,6-7,10-11H2,1-3H3,(H,31,32)(H,28,29,30)/t20?,23?,27-/m1/s1. The average Bonchev–Trinajstić information content (AvgIpc) is 2.79. The van der Waals surface area contributed by atoms with Crippen LogP contribution in [0.4, 0.5) is 11.6 Å². The second-order valence-corrected chi connectivity index (χ2v) is 9.35. The Labute approximate surface area is 194 Å². The molecule has 3 N–H and O–H groups in total. The first-order valence-corrected chi connectivity index (χ1v) is 11.5. The Bertz CT molecular complexity index is 1130. The Kier molecular flexibility index (Phi) is 6.47. The molecule has 0 radical (unpaired) electrons. The van der Waals surface area contributed by atoms with Crippen LogP contribution in [0.3, 0.4) is 0 Å². The summed E-state index contributed by atoms with van der Waals surface area (Å²) in [5, 5.41) is 23.8. The van der Waals surface area contributed by atoms with E-state index in [9.17, 15) is 15.0 Å². The Morgan fingerprint density at radius 2 is 1.70 bits per heavy atom. The normalized spacial score (nSPS) is 20.1. The summed E-state index contributed by atoms with van der Waals surface area (Å²) in [6.45, 7) is 5.84. The second-order valence-electron chi connectivity index (χ2n) is 9.35. The monoisotopic (exact) mass is 445 g/mol. The fourth-order valence-corrected chi connectivity index (χ4v) is 4.80. The van der Waals surface area contributed by atoms with Crippen molar-refractivity contribution in [3.8, 4) is 11.1 Å². The molecule has 172 valence electrons. The van der Waals surface area contributed by atoms with E-state index >= 15 is 0 Å². The zero-order valence-corrected chi connectivity index (χ0v) is 19.4. The van der Waals surface area contributed by atoms with Crippen LogP contribution in [0, 0.1) is 25.7 Å². The molecule has 33 heavy (non-hydrogen) atoms. The van der Waals surface area contributed by atoms with Crippen molar-refractivity contribution < 1.29 is 15.0 Å². The zero-order valence-electron chi connectivity index (χ0n) is 19.4. The number of carbonyl (C=O) groups is 1. The Balaban J connectivity index is 1.52. The van der Waals surface area contributed by atoms with E-state index in [4.69, 9.17) is 0 Å². The molecule has 1 aliphatic rings. The molecule has 1 fully saturated rings. The zero-order chi connectivity index (χ0) is 23.6. The van der Waals surface area contributed by atoms with Gasteiger partial charge in [-0.3, -0.25) is 4.79 Å². The molecule has 3 aromatic rings. The topological polar surface area (TPSA) is 95.3 Å². The highest BCUT2D eigenvalue weighted by molar-refractivity contribution is 5.71. The van der Waals surface area contributed by atoms with Crippen molar-refractivity contribution in [2.45, 2.75) is 52.1 Å². The Hall–Kier alpha value is -3.25. The number of aliphatic carboxylic acids is 1. The fourth-order valence-electron chi connectivity index (χ4n) is 4.80. The number of hydrogen-bond acceptors (Lipinski definition) is 5. The molecular weight excluding hydrogens is 414 g/mol. The molecule has 6 nitrogen and oxygen atoms in total. The van der Waals surface area contributed by atoms with Crippen LogP contribution in [0.15, 0.2) is 54.7 Å². The maximum Gasteiger partial charge on any atom is 0.306 e. The number of carboxylic acids is 1. The number of carboxylic acid groups (broad SMARTS) is 1. The quantitative estimate of drug-likeness (QED) is 0.457. The van der Waals surface area contributed by atoms with Crippen molar-refractivity contribution in [3.05, 3.63) is 71.5 Å². The summed E-state index contributed by atoms with van der Waals surface area (Å²) in [4.78, 5) is 19.9. The summed E-state index contributed by atoms with van der Waals surface area (Å²) in [6.07, 6.45) is 4.43. The molecule has 1 saturated carbocycles. The van der Waals surface area contributed by atoms with Crippen LogP contribution >= 0.6 is 0 Å². The van der Waals surface area contributed by atoms with Crippen LogP contribution in [0.2, 0.25) is 0 Å². The van der Waals surface area contributed by atoms with Gasteiger partial charge in [0.2, 0.25) is 5.95 Å². The highest BCUT2D eigenvalue weighted by Gasteiger charge is 2.37. The third-order valence-electron chi connectivity index (χ3n) is 6.80. The van der Waals surface area contributed by atoms with Gasteiger partial charge in [0.05, 0.1) is 11.5 Å². The molecule has 0 saturated heterocycles. The number of hydrogen-bond donors (Lipinski definition) is 3. The van der Waals surface area contributed by atoms with E-state index in [1.807, 2.05) is 44.2 Å². The van der Waals surface area contributed by atoms with E-state index in [0.717, 1.165) is 46.5 Å². The van der Waals surface area contributed by atoms with Gasteiger partial charge in [-0.25, -0.2) is 9.97 Å². The van der Waals surface area contributed by atoms with E-state index in [1.165, 1.54) is 0 Å². The lowest BCUT2D eigenvalue weighted by Gasteiger charge is -2.37. The molecule has 0 bridgehead atoms. The fraction of sp³-hybridized carbons (Fsp3) is 0.370.